The number of hydrogen-bond acceptors (Lipinski definition) is 11. The topological polar surface area (TPSA) is 216 Å². The van der Waals surface area contributed by atoms with Crippen LogP contribution in [0.5, 0.6) is 0 Å². The van der Waals surface area contributed by atoms with Gasteiger partial charge < -0.3 is 34.4 Å². The highest BCUT2D eigenvalue weighted by Gasteiger charge is 2.28. The van der Waals surface area contributed by atoms with Gasteiger partial charge in [-0.25, -0.2) is 9.13 Å². The summed E-state index contributed by atoms with van der Waals surface area (Å²) in [6.07, 6.45) is 48.4. The predicted molar refractivity (Wildman–Crippen MR) is 254 cm³/mol. The summed E-state index contributed by atoms with van der Waals surface area (Å²) in [7, 11) is -9.73. The molecular formula is C48H78O14P2. The van der Waals surface area contributed by atoms with Crippen molar-refractivity contribution in [3.05, 3.63) is 109 Å². The van der Waals surface area contributed by atoms with Crippen molar-refractivity contribution >= 4 is 27.6 Å². The van der Waals surface area contributed by atoms with E-state index in [1.807, 2.05) is 42.5 Å². The molecule has 0 radical (unpaired) electrons. The standard InChI is InChI=1S/C48H78O14P2/c1-3-5-7-8-9-10-11-12-13-14-15-16-17-18-21-25-28-31-35-39-48(52)62-46(43-61-64(56,57)60-41-45(50)40-59-63(53,54)55)42-58-47(51)38-34-30-27-24-22-19-20-23-26-29-33-37-44(49)36-32-6-4-2/h5,7,9-10,12-13,15-16,18-21,24,26-27,29,33,37,44-46,49-50H,3-4,6,8,11,14,17,22-23,25,28,30-32,34-36,38-43H2,1-2H3,(H,56,57)(H2,53,54,55)/b7-5-,10-9-,13-12-,16-15-,20-19-,21-18-,27-24-,29-26-,37-33+/t44-,45+,46-/m1/s1. The van der Waals surface area contributed by atoms with Crippen LogP contribution in [0.2, 0.25) is 0 Å². The van der Waals surface area contributed by atoms with Crippen LogP contribution in [0.1, 0.15) is 136 Å². The van der Waals surface area contributed by atoms with E-state index in [-0.39, 0.29) is 12.8 Å². The number of aliphatic hydroxyl groups is 2. The number of rotatable bonds is 41. The van der Waals surface area contributed by atoms with E-state index in [9.17, 15) is 33.8 Å². The first-order valence-corrected chi connectivity index (χ1v) is 25.7. The van der Waals surface area contributed by atoms with Gasteiger partial charge in [0.05, 0.1) is 25.9 Å². The van der Waals surface area contributed by atoms with Gasteiger partial charge in [-0.15, -0.1) is 0 Å². The molecule has 0 aliphatic carbocycles. The molecule has 16 heteroatoms. The minimum absolute atomic E-state index is 0.0645. The normalized spacial score (nSPS) is 15.4. The Morgan fingerprint density at radius 1 is 0.531 bits per heavy atom. The Labute approximate surface area is 383 Å². The summed E-state index contributed by atoms with van der Waals surface area (Å²) in [4.78, 5) is 52.7. The molecule has 0 aromatic heterocycles. The zero-order chi connectivity index (χ0) is 47.4. The van der Waals surface area contributed by atoms with Crippen LogP contribution in [0, 0.1) is 0 Å². The molecule has 0 bridgehead atoms. The highest BCUT2D eigenvalue weighted by atomic mass is 31.2. The molecule has 0 aromatic rings. The number of phosphoric ester groups is 2. The van der Waals surface area contributed by atoms with E-state index in [1.165, 1.54) is 0 Å². The van der Waals surface area contributed by atoms with Crippen molar-refractivity contribution in [1.29, 1.82) is 0 Å². The first-order valence-electron chi connectivity index (χ1n) is 22.7. The van der Waals surface area contributed by atoms with Gasteiger partial charge in [-0.05, 0) is 83.5 Å². The summed E-state index contributed by atoms with van der Waals surface area (Å²) < 4.78 is 47.7. The third-order valence-electron chi connectivity index (χ3n) is 8.74. The molecule has 0 rings (SSSR count). The molecular weight excluding hydrogens is 862 g/mol. The second-order valence-corrected chi connectivity index (χ2v) is 17.5. The predicted octanol–water partition coefficient (Wildman–Crippen LogP) is 10.9. The van der Waals surface area contributed by atoms with Crippen molar-refractivity contribution in [2.45, 2.75) is 154 Å². The van der Waals surface area contributed by atoms with Gasteiger partial charge in [0, 0.05) is 12.8 Å². The molecule has 64 heavy (non-hydrogen) atoms. The third-order valence-corrected chi connectivity index (χ3v) is 10.2. The number of hydrogen-bond donors (Lipinski definition) is 5. The summed E-state index contributed by atoms with van der Waals surface area (Å²) in [5.41, 5.74) is 0. The second kappa shape index (κ2) is 42.4. The third kappa shape index (κ3) is 45.3. The monoisotopic (exact) mass is 940 g/mol. The Kier molecular flexibility index (Phi) is 40.2. The summed E-state index contributed by atoms with van der Waals surface area (Å²) in [6, 6.07) is 0. The second-order valence-electron chi connectivity index (χ2n) is 14.8. The molecule has 364 valence electrons. The van der Waals surface area contributed by atoms with Gasteiger partial charge in [0.2, 0.25) is 0 Å². The lowest BCUT2D eigenvalue weighted by molar-refractivity contribution is -0.161. The van der Waals surface area contributed by atoms with E-state index in [1.54, 1.807) is 6.08 Å². The van der Waals surface area contributed by atoms with Crippen molar-refractivity contribution in [2.75, 3.05) is 26.4 Å². The Morgan fingerprint density at radius 3 is 1.62 bits per heavy atom. The number of allylic oxidation sites excluding steroid dienone is 17. The molecule has 0 fully saturated rings. The Bertz CT molecular complexity index is 1560. The van der Waals surface area contributed by atoms with E-state index in [4.69, 9.17) is 23.8 Å². The summed E-state index contributed by atoms with van der Waals surface area (Å²) >= 11 is 0. The Morgan fingerprint density at radius 2 is 1.05 bits per heavy atom. The Hall–Kier alpha value is -3.26. The van der Waals surface area contributed by atoms with E-state index in [0.717, 1.165) is 89.9 Å². The molecule has 0 saturated heterocycles. The number of unbranched alkanes of at least 4 members (excludes halogenated alkanes) is 6. The summed E-state index contributed by atoms with van der Waals surface area (Å²) in [6.45, 7) is 1.39. The lowest BCUT2D eigenvalue weighted by Gasteiger charge is -2.20. The van der Waals surface area contributed by atoms with Gasteiger partial charge in [-0.1, -0.05) is 149 Å². The fourth-order valence-corrected chi connectivity index (χ4v) is 6.46. The summed E-state index contributed by atoms with van der Waals surface area (Å²) in [5.74, 6) is -1.17. The van der Waals surface area contributed by atoms with Crippen LogP contribution >= 0.6 is 15.6 Å². The molecule has 0 amide bonds. The maximum Gasteiger partial charge on any atom is 0.472 e. The van der Waals surface area contributed by atoms with Crippen LogP contribution in [-0.2, 0) is 41.8 Å². The lowest BCUT2D eigenvalue weighted by atomic mass is 10.1. The number of carbonyl (C=O) groups is 2. The first kappa shape index (κ1) is 60.7. The molecule has 4 atom stereocenters. The molecule has 0 saturated carbocycles. The van der Waals surface area contributed by atoms with Crippen LogP contribution < -0.4 is 0 Å². The van der Waals surface area contributed by atoms with Crippen molar-refractivity contribution in [3.8, 4) is 0 Å². The zero-order valence-electron chi connectivity index (χ0n) is 38.2. The SMILES string of the molecule is CC/C=C\C/C=C\C/C=C\C/C=C\C/C=C\CCCCCC(=O)O[C@H](COC(=O)CCC/C=C\C/C=C\C/C=C\C=C\[C@H](O)CCCCC)COP(=O)(O)OC[C@@H](O)COP(=O)(O)O. The first-order chi connectivity index (χ1) is 30.8. The minimum atomic E-state index is -4.88. The number of phosphoric acid groups is 2. The molecule has 5 N–H and O–H groups in total. The van der Waals surface area contributed by atoms with Gasteiger partial charge >= 0.3 is 27.6 Å². The van der Waals surface area contributed by atoms with E-state index >= 15 is 0 Å². The van der Waals surface area contributed by atoms with Crippen LogP contribution in [0.15, 0.2) is 109 Å². The quantitative estimate of drug-likeness (QED) is 0.0127. The van der Waals surface area contributed by atoms with Crippen LogP contribution in [-0.4, -0.2) is 81.6 Å². The van der Waals surface area contributed by atoms with Crippen LogP contribution in [0.25, 0.3) is 0 Å². The zero-order valence-corrected chi connectivity index (χ0v) is 40.0. The summed E-state index contributed by atoms with van der Waals surface area (Å²) in [5, 5.41) is 19.7. The molecule has 0 aliphatic heterocycles. The average molecular weight is 941 g/mol. The largest absolute Gasteiger partial charge is 0.472 e. The smallest absolute Gasteiger partial charge is 0.462 e. The number of esters is 2. The van der Waals surface area contributed by atoms with Gasteiger partial charge in [-0.2, -0.15) is 0 Å². The van der Waals surface area contributed by atoms with Gasteiger partial charge in [-0.3, -0.25) is 23.2 Å². The van der Waals surface area contributed by atoms with Crippen LogP contribution in [0.3, 0.4) is 0 Å². The van der Waals surface area contributed by atoms with Crippen molar-refractivity contribution in [3.63, 3.8) is 0 Å². The van der Waals surface area contributed by atoms with Crippen molar-refractivity contribution < 1.29 is 66.7 Å². The van der Waals surface area contributed by atoms with Crippen molar-refractivity contribution in [2.24, 2.45) is 0 Å². The van der Waals surface area contributed by atoms with E-state index in [0.29, 0.717) is 19.3 Å². The van der Waals surface area contributed by atoms with Crippen molar-refractivity contribution in [1.82, 2.24) is 0 Å². The van der Waals surface area contributed by atoms with Gasteiger partial charge in [0.1, 0.15) is 12.7 Å². The van der Waals surface area contributed by atoms with Gasteiger partial charge in [0.25, 0.3) is 0 Å². The fraction of sp³-hybridized carbons (Fsp3) is 0.583. The molecule has 0 spiro atoms. The number of carbonyl (C=O) groups excluding carboxylic acids is 2. The van der Waals surface area contributed by atoms with E-state index < -0.39 is 72.3 Å². The number of ether oxygens (including phenoxy) is 2. The highest BCUT2D eigenvalue weighted by molar-refractivity contribution is 7.47. The molecule has 1 unspecified atom stereocenters. The maximum atomic E-state index is 12.7. The molecule has 0 aromatic carbocycles. The van der Waals surface area contributed by atoms with Gasteiger partial charge in [0.15, 0.2) is 6.10 Å². The lowest BCUT2D eigenvalue weighted by Crippen LogP contribution is -2.30. The number of aliphatic hydroxyl groups excluding tert-OH is 2. The minimum Gasteiger partial charge on any atom is -0.462 e. The Balaban J connectivity index is 4.71. The van der Waals surface area contributed by atoms with E-state index in [2.05, 4.69) is 83.7 Å². The highest BCUT2D eigenvalue weighted by Crippen LogP contribution is 2.43. The molecule has 0 aliphatic rings. The van der Waals surface area contributed by atoms with Crippen LogP contribution in [0.4, 0.5) is 0 Å². The average Bonchev–Trinajstić information content (AvgIpc) is 3.25. The fourth-order valence-electron chi connectivity index (χ4n) is 5.30. The molecule has 0 heterocycles. The molecule has 14 nitrogen and oxygen atoms in total. The maximum absolute atomic E-state index is 12.7.